The Bertz CT molecular complexity index is 256. The molecule has 0 aromatic carbocycles. The Balaban J connectivity index is 4.49. The van der Waals surface area contributed by atoms with E-state index in [0.717, 1.165) is 0 Å². The molecular formula is C12H20O5. The second-order valence-electron chi connectivity index (χ2n) is 3.90. The van der Waals surface area contributed by atoms with Crippen LogP contribution in [0, 0.1) is 11.8 Å². The Hall–Kier alpha value is -1.36. The molecule has 0 aromatic heterocycles. The Labute approximate surface area is 102 Å². The van der Waals surface area contributed by atoms with Gasteiger partial charge in [-0.05, 0) is 5.92 Å². The lowest BCUT2D eigenvalue weighted by molar-refractivity contribution is -0.171. The first-order valence-electron chi connectivity index (χ1n) is 5.37. The number of ether oxygens (including phenoxy) is 3. The summed E-state index contributed by atoms with van der Waals surface area (Å²) in [5, 5.41) is 0. The van der Waals surface area contributed by atoms with Gasteiger partial charge in [0.2, 0.25) is 0 Å². The third-order valence-corrected chi connectivity index (χ3v) is 2.44. The molecule has 5 nitrogen and oxygen atoms in total. The molecular weight excluding hydrogens is 224 g/mol. The first kappa shape index (κ1) is 15.6. The zero-order valence-corrected chi connectivity index (χ0v) is 10.8. The highest BCUT2D eigenvalue weighted by Gasteiger charge is 2.30. The van der Waals surface area contributed by atoms with Gasteiger partial charge in [0, 0.05) is 5.92 Å². The maximum atomic E-state index is 11.3. The van der Waals surface area contributed by atoms with Crippen molar-refractivity contribution in [1.82, 2.24) is 0 Å². The van der Waals surface area contributed by atoms with Crippen molar-refractivity contribution in [2.75, 3.05) is 20.8 Å². The van der Waals surface area contributed by atoms with E-state index in [1.54, 1.807) is 6.08 Å². The number of esters is 2. The molecule has 0 heterocycles. The Morgan fingerprint density at radius 3 is 1.94 bits per heavy atom. The molecule has 1 atom stereocenters. The lowest BCUT2D eigenvalue weighted by Crippen LogP contribution is -2.36. The summed E-state index contributed by atoms with van der Waals surface area (Å²) < 4.78 is 14.2. The van der Waals surface area contributed by atoms with Crippen LogP contribution in [-0.2, 0) is 23.8 Å². The van der Waals surface area contributed by atoms with Gasteiger partial charge < -0.3 is 14.2 Å². The van der Waals surface area contributed by atoms with Crippen molar-refractivity contribution in [2.24, 2.45) is 11.8 Å². The summed E-state index contributed by atoms with van der Waals surface area (Å²) in [6.45, 7) is 7.90. The van der Waals surface area contributed by atoms with Gasteiger partial charge >= 0.3 is 11.9 Å². The topological polar surface area (TPSA) is 61.8 Å². The number of hydrogen-bond acceptors (Lipinski definition) is 5. The van der Waals surface area contributed by atoms with Crippen LogP contribution in [0.2, 0.25) is 0 Å². The molecule has 5 heteroatoms. The summed E-state index contributed by atoms with van der Waals surface area (Å²) in [6, 6.07) is 0. The third kappa shape index (κ3) is 4.99. The van der Waals surface area contributed by atoms with Crippen molar-refractivity contribution in [2.45, 2.75) is 20.0 Å². The predicted molar refractivity (Wildman–Crippen MR) is 62.3 cm³/mol. The summed E-state index contributed by atoms with van der Waals surface area (Å²) in [5.74, 6) is -1.15. The molecule has 0 N–H and O–H groups in total. The van der Waals surface area contributed by atoms with Crippen LogP contribution >= 0.6 is 0 Å². The van der Waals surface area contributed by atoms with Gasteiger partial charge in [-0.3, -0.25) is 0 Å². The van der Waals surface area contributed by atoms with E-state index in [9.17, 15) is 9.59 Å². The zero-order valence-electron chi connectivity index (χ0n) is 10.8. The van der Waals surface area contributed by atoms with Gasteiger partial charge in [0.25, 0.3) is 6.10 Å². The highest BCUT2D eigenvalue weighted by atomic mass is 16.6. The lowest BCUT2D eigenvalue weighted by atomic mass is 9.97. The number of carbonyl (C=O) groups excluding carboxylic acids is 2. The molecule has 0 amide bonds. The normalized spacial score (nSPS) is 12.4. The Kier molecular flexibility index (Phi) is 7.21. The van der Waals surface area contributed by atoms with E-state index >= 15 is 0 Å². The second kappa shape index (κ2) is 7.84. The third-order valence-electron chi connectivity index (χ3n) is 2.44. The molecule has 0 fully saturated rings. The standard InChI is InChI=1S/C12H20O5/c1-6-9(8(2)3)7-17-10(11(13)15-4)12(14)16-5/h6,8-10H,1,7H2,2-5H3. The smallest absolute Gasteiger partial charge is 0.346 e. The molecule has 0 aromatic rings. The first-order valence-corrected chi connectivity index (χ1v) is 5.37. The van der Waals surface area contributed by atoms with Gasteiger partial charge in [0.15, 0.2) is 0 Å². The minimum Gasteiger partial charge on any atom is -0.467 e. The monoisotopic (exact) mass is 244 g/mol. The van der Waals surface area contributed by atoms with Gasteiger partial charge in [0.1, 0.15) is 0 Å². The van der Waals surface area contributed by atoms with Crippen molar-refractivity contribution in [3.8, 4) is 0 Å². The molecule has 0 radical (unpaired) electrons. The average Bonchev–Trinajstić information content (AvgIpc) is 2.32. The fourth-order valence-corrected chi connectivity index (χ4v) is 1.19. The molecule has 0 rings (SSSR count). The minimum atomic E-state index is -1.33. The average molecular weight is 244 g/mol. The van der Waals surface area contributed by atoms with E-state index in [1.807, 2.05) is 13.8 Å². The molecule has 0 aliphatic rings. The van der Waals surface area contributed by atoms with Crippen molar-refractivity contribution in [3.63, 3.8) is 0 Å². The van der Waals surface area contributed by atoms with E-state index in [-0.39, 0.29) is 12.5 Å². The van der Waals surface area contributed by atoms with E-state index in [2.05, 4.69) is 16.1 Å². The zero-order chi connectivity index (χ0) is 13.4. The van der Waals surface area contributed by atoms with Crippen molar-refractivity contribution < 1.29 is 23.8 Å². The van der Waals surface area contributed by atoms with Crippen LogP contribution in [0.15, 0.2) is 12.7 Å². The molecule has 0 spiro atoms. The van der Waals surface area contributed by atoms with Crippen molar-refractivity contribution in [1.29, 1.82) is 0 Å². The van der Waals surface area contributed by atoms with Crippen LogP contribution in [0.25, 0.3) is 0 Å². The lowest BCUT2D eigenvalue weighted by Gasteiger charge is -2.19. The summed E-state index contributed by atoms with van der Waals surface area (Å²) in [4.78, 5) is 22.6. The van der Waals surface area contributed by atoms with Gasteiger partial charge in [-0.25, -0.2) is 9.59 Å². The van der Waals surface area contributed by atoms with E-state index < -0.39 is 18.0 Å². The van der Waals surface area contributed by atoms with Gasteiger partial charge in [-0.15, -0.1) is 6.58 Å². The van der Waals surface area contributed by atoms with Crippen molar-refractivity contribution >= 4 is 11.9 Å². The maximum absolute atomic E-state index is 11.3. The molecule has 0 bridgehead atoms. The largest absolute Gasteiger partial charge is 0.467 e. The highest BCUT2D eigenvalue weighted by Crippen LogP contribution is 2.13. The van der Waals surface area contributed by atoms with Gasteiger partial charge in [0.05, 0.1) is 20.8 Å². The van der Waals surface area contributed by atoms with Crippen molar-refractivity contribution in [3.05, 3.63) is 12.7 Å². The molecule has 0 saturated heterocycles. The fourth-order valence-electron chi connectivity index (χ4n) is 1.19. The minimum absolute atomic E-state index is 0.0619. The second-order valence-corrected chi connectivity index (χ2v) is 3.90. The summed E-state index contributed by atoms with van der Waals surface area (Å²) >= 11 is 0. The van der Waals surface area contributed by atoms with E-state index in [4.69, 9.17) is 4.74 Å². The Morgan fingerprint density at radius 1 is 1.18 bits per heavy atom. The van der Waals surface area contributed by atoms with Crippen LogP contribution in [0.5, 0.6) is 0 Å². The summed E-state index contributed by atoms with van der Waals surface area (Å²) in [6.07, 6.45) is 0.405. The highest BCUT2D eigenvalue weighted by molar-refractivity contribution is 5.97. The molecule has 17 heavy (non-hydrogen) atoms. The molecule has 0 saturated carbocycles. The van der Waals surface area contributed by atoms with E-state index in [0.29, 0.717) is 5.92 Å². The molecule has 0 aliphatic carbocycles. The van der Waals surface area contributed by atoms with Crippen LogP contribution in [0.1, 0.15) is 13.8 Å². The maximum Gasteiger partial charge on any atom is 0.346 e. The number of carbonyl (C=O) groups is 2. The molecule has 0 aliphatic heterocycles. The fraction of sp³-hybridized carbons (Fsp3) is 0.667. The number of methoxy groups -OCH3 is 2. The van der Waals surface area contributed by atoms with Crippen LogP contribution in [-0.4, -0.2) is 38.9 Å². The van der Waals surface area contributed by atoms with Crippen LogP contribution < -0.4 is 0 Å². The summed E-state index contributed by atoms with van der Waals surface area (Å²) in [5.41, 5.74) is 0. The number of rotatable bonds is 7. The quantitative estimate of drug-likeness (QED) is 0.382. The summed E-state index contributed by atoms with van der Waals surface area (Å²) in [7, 11) is 2.38. The van der Waals surface area contributed by atoms with Crippen LogP contribution in [0.3, 0.4) is 0 Å². The van der Waals surface area contributed by atoms with Gasteiger partial charge in [-0.1, -0.05) is 19.9 Å². The predicted octanol–water partition coefficient (Wildman–Crippen LogP) is 1.18. The van der Waals surface area contributed by atoms with E-state index in [1.165, 1.54) is 14.2 Å². The molecule has 1 unspecified atom stereocenters. The SMILES string of the molecule is C=CC(COC(C(=O)OC)C(=O)OC)C(C)C. The molecule has 98 valence electrons. The first-order chi connectivity index (χ1) is 7.97. The van der Waals surface area contributed by atoms with Crippen LogP contribution in [0.4, 0.5) is 0 Å². The van der Waals surface area contributed by atoms with Gasteiger partial charge in [-0.2, -0.15) is 0 Å². The number of hydrogen-bond donors (Lipinski definition) is 0. The Morgan fingerprint density at radius 2 is 1.65 bits per heavy atom.